The number of hydroxylamine groups is 1. The van der Waals surface area contributed by atoms with Crippen LogP contribution in [0.15, 0.2) is 24.3 Å². The van der Waals surface area contributed by atoms with Gasteiger partial charge in [0, 0.05) is 25.3 Å². The molecule has 1 aromatic carbocycles. The molecule has 1 N–H and O–H groups in total. The van der Waals surface area contributed by atoms with Crippen LogP contribution in [-0.4, -0.2) is 19.7 Å². The summed E-state index contributed by atoms with van der Waals surface area (Å²) < 4.78 is 0. The number of hydrogen-bond donors (Lipinski definition) is 1. The van der Waals surface area contributed by atoms with E-state index >= 15 is 0 Å². The minimum atomic E-state index is 0.700. The average molecular weight is 234 g/mol. The predicted octanol–water partition coefficient (Wildman–Crippen LogP) is 2.72. The third-order valence-electron chi connectivity index (χ3n) is 3.18. The van der Waals surface area contributed by atoms with Gasteiger partial charge in [-0.2, -0.15) is 5.48 Å². The summed E-state index contributed by atoms with van der Waals surface area (Å²) in [6.07, 6.45) is 4.04. The Hall–Kier alpha value is -1.06. The second kappa shape index (κ2) is 6.62. The molecule has 0 radical (unpaired) electrons. The van der Waals surface area contributed by atoms with Crippen LogP contribution in [0.5, 0.6) is 0 Å². The van der Waals surface area contributed by atoms with E-state index in [-0.39, 0.29) is 0 Å². The van der Waals surface area contributed by atoms with Crippen molar-refractivity contribution < 1.29 is 4.84 Å². The van der Waals surface area contributed by atoms with Gasteiger partial charge in [-0.15, -0.1) is 0 Å². The number of nitrogens with zero attached hydrogens (tertiary/aromatic N) is 1. The van der Waals surface area contributed by atoms with E-state index in [0.717, 1.165) is 6.54 Å². The number of nitrogens with one attached hydrogen (secondary N) is 1. The van der Waals surface area contributed by atoms with Gasteiger partial charge in [-0.25, -0.2) is 0 Å². The summed E-state index contributed by atoms with van der Waals surface area (Å²) in [6.45, 7) is 5.86. The molecular weight excluding hydrogens is 212 g/mol. The summed E-state index contributed by atoms with van der Waals surface area (Å²) in [6, 6.07) is 8.79. The van der Waals surface area contributed by atoms with Crippen molar-refractivity contribution in [2.75, 3.05) is 24.6 Å². The van der Waals surface area contributed by atoms with E-state index in [4.69, 9.17) is 4.84 Å². The molecule has 1 aliphatic heterocycles. The van der Waals surface area contributed by atoms with Crippen LogP contribution in [0.3, 0.4) is 0 Å². The zero-order chi connectivity index (χ0) is 11.9. The van der Waals surface area contributed by atoms with Crippen molar-refractivity contribution >= 4 is 5.69 Å². The van der Waals surface area contributed by atoms with Crippen LogP contribution in [0.25, 0.3) is 0 Å². The highest BCUT2D eigenvalue weighted by Crippen LogP contribution is 2.20. The summed E-state index contributed by atoms with van der Waals surface area (Å²) in [7, 11) is 0. The second-order valence-corrected chi connectivity index (χ2v) is 4.47. The van der Waals surface area contributed by atoms with Gasteiger partial charge in [-0.3, -0.25) is 0 Å². The molecule has 1 heterocycles. The van der Waals surface area contributed by atoms with E-state index in [0.29, 0.717) is 6.61 Å². The monoisotopic (exact) mass is 234 g/mol. The molecular formula is C14H22N2O. The Kier molecular flexibility index (Phi) is 4.83. The molecule has 0 atom stereocenters. The van der Waals surface area contributed by atoms with E-state index in [9.17, 15) is 0 Å². The molecule has 3 nitrogen and oxygen atoms in total. The van der Waals surface area contributed by atoms with Crippen LogP contribution in [0.2, 0.25) is 0 Å². The van der Waals surface area contributed by atoms with Gasteiger partial charge in [0.15, 0.2) is 0 Å². The molecule has 0 amide bonds. The molecule has 0 saturated carbocycles. The van der Waals surface area contributed by atoms with Gasteiger partial charge in [0.25, 0.3) is 0 Å². The highest BCUT2D eigenvalue weighted by Gasteiger charge is 2.10. The Labute approximate surface area is 104 Å². The van der Waals surface area contributed by atoms with E-state index < -0.39 is 0 Å². The average Bonchev–Trinajstić information content (AvgIpc) is 2.41. The maximum Gasteiger partial charge on any atom is 0.0654 e. The molecule has 0 unspecified atom stereocenters. The van der Waals surface area contributed by atoms with E-state index in [1.807, 2.05) is 6.92 Å². The molecule has 0 aromatic heterocycles. The molecule has 1 saturated heterocycles. The second-order valence-electron chi connectivity index (χ2n) is 4.47. The van der Waals surface area contributed by atoms with Gasteiger partial charge < -0.3 is 9.74 Å². The fourth-order valence-corrected chi connectivity index (χ4v) is 2.21. The van der Waals surface area contributed by atoms with Crippen molar-refractivity contribution in [3.8, 4) is 0 Å². The molecule has 2 rings (SSSR count). The summed E-state index contributed by atoms with van der Waals surface area (Å²) >= 11 is 0. The van der Waals surface area contributed by atoms with Crippen LogP contribution in [0.1, 0.15) is 31.7 Å². The Morgan fingerprint density at radius 1 is 1.12 bits per heavy atom. The van der Waals surface area contributed by atoms with Gasteiger partial charge in [-0.05, 0) is 43.9 Å². The lowest BCUT2D eigenvalue weighted by Gasteiger charge is -2.28. The van der Waals surface area contributed by atoms with Crippen molar-refractivity contribution in [2.45, 2.75) is 32.7 Å². The molecule has 0 bridgehead atoms. The van der Waals surface area contributed by atoms with E-state index in [1.165, 1.54) is 43.6 Å². The summed E-state index contributed by atoms with van der Waals surface area (Å²) in [5.41, 5.74) is 5.55. The third-order valence-corrected chi connectivity index (χ3v) is 3.18. The highest BCUT2D eigenvalue weighted by molar-refractivity contribution is 5.47. The van der Waals surface area contributed by atoms with Crippen molar-refractivity contribution in [3.63, 3.8) is 0 Å². The first-order valence-electron chi connectivity index (χ1n) is 6.58. The van der Waals surface area contributed by atoms with Crippen LogP contribution in [0, 0.1) is 0 Å². The first-order chi connectivity index (χ1) is 8.40. The lowest BCUT2D eigenvalue weighted by Crippen LogP contribution is -2.29. The lowest BCUT2D eigenvalue weighted by atomic mass is 10.1. The Morgan fingerprint density at radius 3 is 2.47 bits per heavy atom. The van der Waals surface area contributed by atoms with Crippen LogP contribution in [0.4, 0.5) is 5.69 Å². The fraction of sp³-hybridized carbons (Fsp3) is 0.571. The van der Waals surface area contributed by atoms with Crippen LogP contribution in [-0.2, 0) is 11.4 Å². The topological polar surface area (TPSA) is 24.5 Å². The quantitative estimate of drug-likeness (QED) is 0.626. The highest BCUT2D eigenvalue weighted by atomic mass is 16.6. The molecule has 1 aromatic rings. The van der Waals surface area contributed by atoms with E-state index in [2.05, 4.69) is 34.6 Å². The molecule has 94 valence electrons. The SMILES string of the molecule is CCONCc1ccc(N2CCCCC2)cc1. The van der Waals surface area contributed by atoms with Gasteiger partial charge >= 0.3 is 0 Å². The molecule has 1 aliphatic rings. The first-order valence-corrected chi connectivity index (χ1v) is 6.58. The largest absolute Gasteiger partial charge is 0.372 e. The van der Waals surface area contributed by atoms with E-state index in [1.54, 1.807) is 0 Å². The van der Waals surface area contributed by atoms with Crippen molar-refractivity contribution in [3.05, 3.63) is 29.8 Å². The van der Waals surface area contributed by atoms with Crippen LogP contribution >= 0.6 is 0 Å². The lowest BCUT2D eigenvalue weighted by molar-refractivity contribution is 0.0463. The molecule has 17 heavy (non-hydrogen) atoms. The van der Waals surface area contributed by atoms with Gasteiger partial charge in [0.1, 0.15) is 0 Å². The third kappa shape index (κ3) is 3.72. The van der Waals surface area contributed by atoms with Crippen molar-refractivity contribution in [2.24, 2.45) is 0 Å². The molecule has 3 heteroatoms. The maximum atomic E-state index is 5.12. The maximum absolute atomic E-state index is 5.12. The standard InChI is InChI=1S/C14H22N2O/c1-2-17-15-12-13-6-8-14(9-7-13)16-10-4-3-5-11-16/h6-9,15H,2-5,10-12H2,1H3. The van der Waals surface area contributed by atoms with Crippen molar-refractivity contribution in [1.29, 1.82) is 0 Å². The predicted molar refractivity (Wildman–Crippen MR) is 71.0 cm³/mol. The summed E-state index contributed by atoms with van der Waals surface area (Å²) in [5, 5.41) is 0. The van der Waals surface area contributed by atoms with Crippen molar-refractivity contribution in [1.82, 2.24) is 5.48 Å². The summed E-state index contributed by atoms with van der Waals surface area (Å²) in [5.74, 6) is 0. The molecule has 0 spiro atoms. The Bertz CT molecular complexity index is 317. The first kappa shape index (κ1) is 12.4. The van der Waals surface area contributed by atoms with Gasteiger partial charge in [0.2, 0.25) is 0 Å². The fourth-order valence-electron chi connectivity index (χ4n) is 2.21. The number of piperidine rings is 1. The van der Waals surface area contributed by atoms with Crippen LogP contribution < -0.4 is 10.4 Å². The molecule has 1 fully saturated rings. The normalized spacial score (nSPS) is 16.2. The number of hydrogen-bond acceptors (Lipinski definition) is 3. The van der Waals surface area contributed by atoms with Gasteiger partial charge in [0.05, 0.1) is 6.61 Å². The molecule has 0 aliphatic carbocycles. The number of rotatable bonds is 5. The zero-order valence-corrected chi connectivity index (χ0v) is 10.6. The minimum Gasteiger partial charge on any atom is -0.372 e. The zero-order valence-electron chi connectivity index (χ0n) is 10.6. The Morgan fingerprint density at radius 2 is 1.82 bits per heavy atom. The smallest absolute Gasteiger partial charge is 0.0654 e. The minimum absolute atomic E-state index is 0.700. The van der Waals surface area contributed by atoms with Gasteiger partial charge in [-0.1, -0.05) is 12.1 Å². The Balaban J connectivity index is 1.88. The number of benzene rings is 1. The number of anilines is 1. The summed E-state index contributed by atoms with van der Waals surface area (Å²) in [4.78, 5) is 7.60.